The summed E-state index contributed by atoms with van der Waals surface area (Å²) in [5.41, 5.74) is 3.31. The SMILES string of the molecule is CC(C)NCCNCc1ccc2c(c1)CC(=O)N2. The highest BCUT2D eigenvalue weighted by molar-refractivity contribution is 5.99. The van der Waals surface area contributed by atoms with Gasteiger partial charge in [0, 0.05) is 31.4 Å². The number of fused-ring (bicyclic) bond motifs is 1. The van der Waals surface area contributed by atoms with E-state index in [0.717, 1.165) is 30.9 Å². The molecule has 1 aliphatic heterocycles. The lowest BCUT2D eigenvalue weighted by atomic mass is 10.1. The normalized spacial score (nSPS) is 13.8. The molecule has 4 nitrogen and oxygen atoms in total. The summed E-state index contributed by atoms with van der Waals surface area (Å²) in [5, 5.41) is 9.60. The fourth-order valence-electron chi connectivity index (χ4n) is 2.07. The third-order valence-electron chi connectivity index (χ3n) is 2.98. The van der Waals surface area contributed by atoms with Crippen LogP contribution in [0.25, 0.3) is 0 Å². The van der Waals surface area contributed by atoms with E-state index in [2.05, 4.69) is 41.9 Å². The van der Waals surface area contributed by atoms with Crippen LogP contribution in [0.5, 0.6) is 0 Å². The van der Waals surface area contributed by atoms with Gasteiger partial charge in [0.25, 0.3) is 0 Å². The minimum Gasteiger partial charge on any atom is -0.326 e. The van der Waals surface area contributed by atoms with Crippen LogP contribution in [0.3, 0.4) is 0 Å². The van der Waals surface area contributed by atoms with Crippen molar-refractivity contribution in [2.24, 2.45) is 0 Å². The van der Waals surface area contributed by atoms with Crippen LogP contribution in [0, 0.1) is 0 Å². The van der Waals surface area contributed by atoms with Gasteiger partial charge in [-0.1, -0.05) is 26.0 Å². The first-order valence-corrected chi connectivity index (χ1v) is 6.51. The van der Waals surface area contributed by atoms with Gasteiger partial charge in [-0.2, -0.15) is 0 Å². The first-order valence-electron chi connectivity index (χ1n) is 6.51. The molecule has 1 aromatic rings. The minimum absolute atomic E-state index is 0.0937. The smallest absolute Gasteiger partial charge is 0.228 e. The molecule has 0 unspecified atom stereocenters. The summed E-state index contributed by atoms with van der Waals surface area (Å²) in [7, 11) is 0. The largest absolute Gasteiger partial charge is 0.326 e. The summed E-state index contributed by atoms with van der Waals surface area (Å²) < 4.78 is 0. The van der Waals surface area contributed by atoms with Crippen molar-refractivity contribution >= 4 is 11.6 Å². The van der Waals surface area contributed by atoms with E-state index < -0.39 is 0 Å². The van der Waals surface area contributed by atoms with E-state index in [-0.39, 0.29) is 5.91 Å². The Balaban J connectivity index is 1.77. The maximum Gasteiger partial charge on any atom is 0.228 e. The van der Waals surface area contributed by atoms with E-state index in [1.54, 1.807) is 0 Å². The lowest BCUT2D eigenvalue weighted by Crippen LogP contribution is -2.31. The van der Waals surface area contributed by atoms with Crippen molar-refractivity contribution in [1.29, 1.82) is 0 Å². The number of rotatable bonds is 6. The van der Waals surface area contributed by atoms with E-state index in [9.17, 15) is 4.79 Å². The maximum absolute atomic E-state index is 11.2. The Morgan fingerprint density at radius 2 is 2.17 bits per heavy atom. The van der Waals surface area contributed by atoms with E-state index >= 15 is 0 Å². The lowest BCUT2D eigenvalue weighted by molar-refractivity contribution is -0.115. The van der Waals surface area contributed by atoms with Gasteiger partial charge in [0.05, 0.1) is 6.42 Å². The van der Waals surface area contributed by atoms with Crippen molar-refractivity contribution < 1.29 is 4.79 Å². The van der Waals surface area contributed by atoms with Gasteiger partial charge >= 0.3 is 0 Å². The Labute approximate surface area is 108 Å². The highest BCUT2D eigenvalue weighted by Gasteiger charge is 2.16. The van der Waals surface area contributed by atoms with Crippen molar-refractivity contribution in [2.75, 3.05) is 18.4 Å². The molecule has 2 rings (SSSR count). The molecule has 0 radical (unpaired) electrons. The van der Waals surface area contributed by atoms with Crippen LogP contribution in [-0.2, 0) is 17.8 Å². The molecule has 1 aliphatic rings. The minimum atomic E-state index is 0.0937. The number of benzene rings is 1. The number of carbonyl (C=O) groups is 1. The van der Waals surface area contributed by atoms with Gasteiger partial charge in [0.2, 0.25) is 5.91 Å². The zero-order valence-corrected chi connectivity index (χ0v) is 11.0. The number of anilines is 1. The molecule has 0 saturated carbocycles. The molecule has 1 amide bonds. The number of amides is 1. The first-order chi connectivity index (χ1) is 8.65. The first kappa shape index (κ1) is 13.1. The Bertz CT molecular complexity index is 429. The highest BCUT2D eigenvalue weighted by atomic mass is 16.1. The highest BCUT2D eigenvalue weighted by Crippen LogP contribution is 2.23. The predicted molar refractivity (Wildman–Crippen MR) is 73.6 cm³/mol. The molecule has 0 atom stereocenters. The molecule has 4 heteroatoms. The molecule has 0 aromatic heterocycles. The summed E-state index contributed by atoms with van der Waals surface area (Å²) in [6.45, 7) is 7.06. The Morgan fingerprint density at radius 3 is 2.94 bits per heavy atom. The summed E-state index contributed by atoms with van der Waals surface area (Å²) in [5.74, 6) is 0.0937. The van der Waals surface area contributed by atoms with Gasteiger partial charge in [0.15, 0.2) is 0 Å². The summed E-state index contributed by atoms with van der Waals surface area (Å²) >= 11 is 0. The zero-order chi connectivity index (χ0) is 13.0. The zero-order valence-electron chi connectivity index (χ0n) is 11.0. The Kier molecular flexibility index (Phi) is 4.33. The Morgan fingerprint density at radius 1 is 1.33 bits per heavy atom. The molecule has 18 heavy (non-hydrogen) atoms. The van der Waals surface area contributed by atoms with E-state index in [4.69, 9.17) is 0 Å². The monoisotopic (exact) mass is 247 g/mol. The molecule has 98 valence electrons. The van der Waals surface area contributed by atoms with Crippen molar-refractivity contribution in [1.82, 2.24) is 10.6 Å². The van der Waals surface area contributed by atoms with Crippen molar-refractivity contribution in [3.8, 4) is 0 Å². The van der Waals surface area contributed by atoms with Crippen molar-refractivity contribution in [2.45, 2.75) is 32.9 Å². The second-order valence-electron chi connectivity index (χ2n) is 5.00. The van der Waals surface area contributed by atoms with Crippen LogP contribution >= 0.6 is 0 Å². The summed E-state index contributed by atoms with van der Waals surface area (Å²) in [4.78, 5) is 11.2. The number of hydrogen-bond donors (Lipinski definition) is 3. The maximum atomic E-state index is 11.2. The van der Waals surface area contributed by atoms with Crippen LogP contribution in [0.2, 0.25) is 0 Å². The fraction of sp³-hybridized carbons (Fsp3) is 0.500. The average molecular weight is 247 g/mol. The molecule has 3 N–H and O–H groups in total. The van der Waals surface area contributed by atoms with Gasteiger partial charge in [-0.3, -0.25) is 4.79 Å². The van der Waals surface area contributed by atoms with Crippen LogP contribution in [0.4, 0.5) is 5.69 Å². The van der Waals surface area contributed by atoms with Gasteiger partial charge in [-0.15, -0.1) is 0 Å². The molecule has 0 spiro atoms. The van der Waals surface area contributed by atoms with Crippen LogP contribution in [-0.4, -0.2) is 25.0 Å². The quantitative estimate of drug-likeness (QED) is 0.664. The van der Waals surface area contributed by atoms with E-state index in [0.29, 0.717) is 12.5 Å². The van der Waals surface area contributed by atoms with Gasteiger partial charge in [-0.05, 0) is 17.2 Å². The summed E-state index contributed by atoms with van der Waals surface area (Å²) in [6.07, 6.45) is 0.512. The van der Waals surface area contributed by atoms with Gasteiger partial charge in [-0.25, -0.2) is 0 Å². The van der Waals surface area contributed by atoms with Crippen LogP contribution in [0.1, 0.15) is 25.0 Å². The second-order valence-corrected chi connectivity index (χ2v) is 5.00. The summed E-state index contributed by atoms with van der Waals surface area (Å²) in [6, 6.07) is 6.69. The number of nitrogens with one attached hydrogen (secondary N) is 3. The topological polar surface area (TPSA) is 53.2 Å². The lowest BCUT2D eigenvalue weighted by Gasteiger charge is -2.09. The molecular formula is C14H21N3O. The van der Waals surface area contributed by atoms with Crippen LogP contribution < -0.4 is 16.0 Å². The third-order valence-corrected chi connectivity index (χ3v) is 2.98. The second kappa shape index (κ2) is 5.98. The average Bonchev–Trinajstić information content (AvgIpc) is 2.67. The Hall–Kier alpha value is -1.39. The molecule has 1 aromatic carbocycles. The molecule has 0 bridgehead atoms. The van der Waals surface area contributed by atoms with Gasteiger partial charge < -0.3 is 16.0 Å². The van der Waals surface area contributed by atoms with E-state index in [1.807, 2.05) is 6.07 Å². The van der Waals surface area contributed by atoms with Crippen molar-refractivity contribution in [3.05, 3.63) is 29.3 Å². The third kappa shape index (κ3) is 3.55. The molecule has 0 fully saturated rings. The molecule has 0 aliphatic carbocycles. The van der Waals surface area contributed by atoms with E-state index in [1.165, 1.54) is 5.56 Å². The molecule has 1 heterocycles. The number of hydrogen-bond acceptors (Lipinski definition) is 3. The fourth-order valence-corrected chi connectivity index (χ4v) is 2.07. The van der Waals surface area contributed by atoms with Crippen LogP contribution in [0.15, 0.2) is 18.2 Å². The van der Waals surface area contributed by atoms with Gasteiger partial charge in [0.1, 0.15) is 0 Å². The van der Waals surface area contributed by atoms with Crippen molar-refractivity contribution in [3.63, 3.8) is 0 Å². The standard InChI is InChI=1S/C14H21N3O/c1-10(2)16-6-5-15-9-11-3-4-13-12(7-11)8-14(18)17-13/h3-4,7,10,15-16H,5-6,8-9H2,1-2H3,(H,17,18). The predicted octanol–water partition coefficient (Wildman–Crippen LogP) is 1.27. The molecular weight excluding hydrogens is 226 g/mol. The molecule has 0 saturated heterocycles. The number of carbonyl (C=O) groups excluding carboxylic acids is 1.